The number of rotatable bonds is 1. The lowest BCUT2D eigenvalue weighted by Gasteiger charge is -2.12. The Morgan fingerprint density at radius 1 is 1.50 bits per heavy atom. The topological polar surface area (TPSA) is 57.6 Å². The molecule has 1 rings (SSSR count). The van der Waals surface area contributed by atoms with Gasteiger partial charge in [-0.3, -0.25) is 9.59 Å². The monoisotopic (exact) mass is 173 g/mol. The third-order valence-electron chi connectivity index (χ3n) is 1.76. The van der Waals surface area contributed by atoms with Crippen LogP contribution in [0.25, 0.3) is 0 Å². The minimum absolute atomic E-state index is 0.250. The van der Waals surface area contributed by atoms with E-state index in [1.807, 2.05) is 11.8 Å². The molecule has 0 aromatic heterocycles. The molecule has 0 bridgehead atoms. The van der Waals surface area contributed by atoms with Crippen LogP contribution < -0.4 is 0 Å². The van der Waals surface area contributed by atoms with Crippen LogP contribution in [0.2, 0.25) is 0 Å². The van der Waals surface area contributed by atoms with E-state index in [1.54, 1.807) is 0 Å². The highest BCUT2D eigenvalue weighted by molar-refractivity contribution is 5.75. The van der Waals surface area contributed by atoms with Gasteiger partial charge in [0, 0.05) is 19.5 Å². The van der Waals surface area contributed by atoms with Gasteiger partial charge in [-0.2, -0.15) is 0 Å². The zero-order valence-corrected chi connectivity index (χ0v) is 7.32. The van der Waals surface area contributed by atoms with E-state index in [0.717, 1.165) is 13.1 Å². The lowest BCUT2D eigenvalue weighted by molar-refractivity contribution is -0.129. The summed E-state index contributed by atoms with van der Waals surface area (Å²) in [5.41, 5.74) is 0. The van der Waals surface area contributed by atoms with Gasteiger partial charge in [0.05, 0.1) is 0 Å². The van der Waals surface area contributed by atoms with Gasteiger partial charge in [0.15, 0.2) is 0 Å². The van der Waals surface area contributed by atoms with Gasteiger partial charge < -0.3 is 10.0 Å². The van der Waals surface area contributed by atoms with Gasteiger partial charge in [-0.05, 0) is 12.8 Å². The number of hydrogen-bond acceptors (Lipinski definition) is 2. The average Bonchev–Trinajstić information content (AvgIpc) is 2.56. The first kappa shape index (κ1) is 10.9. The lowest BCUT2D eigenvalue weighted by atomic mass is 10.4. The summed E-state index contributed by atoms with van der Waals surface area (Å²) in [4.78, 5) is 21.2. The Kier molecular flexibility index (Phi) is 6.05. The summed E-state index contributed by atoms with van der Waals surface area (Å²) in [7, 11) is 0. The van der Waals surface area contributed by atoms with Crippen molar-refractivity contribution in [2.24, 2.45) is 0 Å². The molecule has 0 aromatic rings. The molecule has 12 heavy (non-hydrogen) atoms. The molecule has 1 fully saturated rings. The first-order valence-electron chi connectivity index (χ1n) is 4.11. The predicted molar refractivity (Wildman–Crippen MR) is 44.8 cm³/mol. The molecule has 0 aromatic carbocycles. The van der Waals surface area contributed by atoms with Crippen LogP contribution in [0.15, 0.2) is 0 Å². The quantitative estimate of drug-likeness (QED) is 0.594. The van der Waals surface area contributed by atoms with E-state index in [4.69, 9.17) is 9.90 Å². The molecular formula is C8H15NO3. The Morgan fingerprint density at radius 2 is 1.92 bits per heavy atom. The van der Waals surface area contributed by atoms with Crippen LogP contribution in [-0.4, -0.2) is 35.5 Å². The molecule has 1 amide bonds. The van der Waals surface area contributed by atoms with E-state index in [2.05, 4.69) is 0 Å². The van der Waals surface area contributed by atoms with E-state index in [-0.39, 0.29) is 6.47 Å². The Morgan fingerprint density at radius 3 is 2.25 bits per heavy atom. The lowest BCUT2D eigenvalue weighted by Crippen LogP contribution is -2.26. The van der Waals surface area contributed by atoms with Crippen molar-refractivity contribution in [3.8, 4) is 0 Å². The second-order valence-electron chi connectivity index (χ2n) is 2.55. The highest BCUT2D eigenvalue weighted by Gasteiger charge is 2.14. The number of nitrogens with zero attached hydrogens (tertiary/aromatic N) is 1. The number of carbonyl (C=O) groups excluding carboxylic acids is 1. The zero-order valence-electron chi connectivity index (χ0n) is 7.32. The summed E-state index contributed by atoms with van der Waals surface area (Å²) in [5.74, 6) is 0.313. The van der Waals surface area contributed by atoms with E-state index >= 15 is 0 Å². The van der Waals surface area contributed by atoms with E-state index < -0.39 is 0 Å². The second kappa shape index (κ2) is 6.64. The summed E-state index contributed by atoms with van der Waals surface area (Å²) in [6, 6.07) is 0. The molecule has 4 nitrogen and oxygen atoms in total. The van der Waals surface area contributed by atoms with Gasteiger partial charge in [-0.1, -0.05) is 6.92 Å². The average molecular weight is 173 g/mol. The third-order valence-corrected chi connectivity index (χ3v) is 1.76. The summed E-state index contributed by atoms with van der Waals surface area (Å²) in [5, 5.41) is 6.89. The summed E-state index contributed by atoms with van der Waals surface area (Å²) >= 11 is 0. The highest BCUT2D eigenvalue weighted by Crippen LogP contribution is 2.07. The Balaban J connectivity index is 0.000000354. The summed E-state index contributed by atoms with van der Waals surface area (Å²) < 4.78 is 0. The second-order valence-corrected chi connectivity index (χ2v) is 2.55. The van der Waals surface area contributed by atoms with Crippen LogP contribution in [0.4, 0.5) is 0 Å². The van der Waals surface area contributed by atoms with Gasteiger partial charge in [0.2, 0.25) is 5.91 Å². The summed E-state index contributed by atoms with van der Waals surface area (Å²) in [6.07, 6.45) is 3.07. The van der Waals surface area contributed by atoms with Crippen molar-refractivity contribution in [1.82, 2.24) is 4.90 Å². The molecule has 0 spiro atoms. The van der Waals surface area contributed by atoms with Crippen LogP contribution >= 0.6 is 0 Å². The molecule has 0 radical (unpaired) electrons. The molecule has 4 heteroatoms. The van der Waals surface area contributed by atoms with Crippen molar-refractivity contribution in [1.29, 1.82) is 0 Å². The van der Waals surface area contributed by atoms with Crippen molar-refractivity contribution in [2.75, 3.05) is 13.1 Å². The number of amides is 1. The molecule has 1 saturated heterocycles. The molecule has 0 saturated carbocycles. The Bertz CT molecular complexity index is 141. The number of carbonyl (C=O) groups is 2. The fraction of sp³-hybridized carbons (Fsp3) is 0.750. The first-order valence-corrected chi connectivity index (χ1v) is 4.11. The van der Waals surface area contributed by atoms with Gasteiger partial charge in [-0.25, -0.2) is 0 Å². The largest absolute Gasteiger partial charge is 0.483 e. The van der Waals surface area contributed by atoms with Crippen LogP contribution in [0.5, 0.6) is 0 Å². The van der Waals surface area contributed by atoms with Crippen LogP contribution in [-0.2, 0) is 9.59 Å². The zero-order chi connectivity index (χ0) is 9.40. The van der Waals surface area contributed by atoms with Crippen molar-refractivity contribution in [2.45, 2.75) is 26.2 Å². The number of likely N-dealkylation sites (tertiary alicyclic amines) is 1. The minimum atomic E-state index is -0.250. The maximum absolute atomic E-state index is 10.9. The van der Waals surface area contributed by atoms with Crippen LogP contribution in [0.1, 0.15) is 26.2 Å². The first-order chi connectivity index (χ1) is 5.76. The molecule has 0 aliphatic carbocycles. The Labute approximate surface area is 72.2 Å². The van der Waals surface area contributed by atoms with Gasteiger partial charge >= 0.3 is 0 Å². The molecule has 1 aliphatic rings. The SMILES string of the molecule is CCC(=O)N1CCCC1.O=CO. The van der Waals surface area contributed by atoms with E-state index in [1.165, 1.54) is 12.8 Å². The highest BCUT2D eigenvalue weighted by atomic mass is 16.3. The maximum Gasteiger partial charge on any atom is 0.290 e. The third kappa shape index (κ3) is 3.95. The molecule has 0 unspecified atom stereocenters. The van der Waals surface area contributed by atoms with Gasteiger partial charge in [0.1, 0.15) is 0 Å². The van der Waals surface area contributed by atoms with Gasteiger partial charge in [-0.15, -0.1) is 0 Å². The summed E-state index contributed by atoms with van der Waals surface area (Å²) in [6.45, 7) is 3.65. The van der Waals surface area contributed by atoms with Crippen molar-refractivity contribution in [3.05, 3.63) is 0 Å². The number of carboxylic acid groups (broad SMARTS) is 1. The smallest absolute Gasteiger partial charge is 0.290 e. The van der Waals surface area contributed by atoms with E-state index in [9.17, 15) is 4.79 Å². The molecular weight excluding hydrogens is 158 g/mol. The molecule has 70 valence electrons. The normalized spacial score (nSPS) is 14.9. The molecule has 1 aliphatic heterocycles. The van der Waals surface area contributed by atoms with E-state index in [0.29, 0.717) is 12.3 Å². The molecule has 1 heterocycles. The fourth-order valence-corrected chi connectivity index (χ4v) is 1.19. The van der Waals surface area contributed by atoms with Gasteiger partial charge in [0.25, 0.3) is 6.47 Å². The molecule has 1 N–H and O–H groups in total. The standard InChI is InChI=1S/C7H13NO.CH2O2/c1-2-7(9)8-5-3-4-6-8;2-1-3/h2-6H2,1H3;1H,(H,2,3). The predicted octanol–water partition coefficient (Wildman–Crippen LogP) is 0.720. The minimum Gasteiger partial charge on any atom is -0.483 e. The maximum atomic E-state index is 10.9. The van der Waals surface area contributed by atoms with Crippen LogP contribution in [0, 0.1) is 0 Å². The van der Waals surface area contributed by atoms with Crippen LogP contribution in [0.3, 0.4) is 0 Å². The van der Waals surface area contributed by atoms with Crippen molar-refractivity contribution < 1.29 is 14.7 Å². The van der Waals surface area contributed by atoms with Crippen molar-refractivity contribution in [3.63, 3.8) is 0 Å². The van der Waals surface area contributed by atoms with Crippen molar-refractivity contribution >= 4 is 12.4 Å². The number of hydrogen-bond donors (Lipinski definition) is 1. The Hall–Kier alpha value is -1.06. The fourth-order valence-electron chi connectivity index (χ4n) is 1.19. The molecule has 0 atom stereocenters.